The smallest absolute Gasteiger partial charge is 0.295 e. The third-order valence-corrected chi connectivity index (χ3v) is 4.29. The maximum Gasteiger partial charge on any atom is 0.435 e. The van der Waals surface area contributed by atoms with E-state index in [9.17, 15) is 18.0 Å². The van der Waals surface area contributed by atoms with Gasteiger partial charge in [0, 0.05) is 11.1 Å². The highest BCUT2D eigenvalue weighted by molar-refractivity contribution is 5.95. The second-order valence-corrected chi connectivity index (χ2v) is 6.21. The normalized spacial score (nSPS) is 11.7. The summed E-state index contributed by atoms with van der Waals surface area (Å²) in [5, 5.41) is 3.85. The second-order valence-electron chi connectivity index (χ2n) is 6.21. The van der Waals surface area contributed by atoms with E-state index >= 15 is 0 Å². The van der Waals surface area contributed by atoms with Crippen LogP contribution in [0, 0.1) is 0 Å². The van der Waals surface area contributed by atoms with E-state index in [1.807, 2.05) is 24.3 Å². The number of imidazole rings is 1. The Morgan fingerprint density at radius 3 is 2.36 bits per heavy atom. The van der Waals surface area contributed by atoms with E-state index in [0.29, 0.717) is 23.0 Å². The number of aromatic nitrogens is 4. The molecule has 0 aliphatic carbocycles. The molecule has 4 aromatic rings. The van der Waals surface area contributed by atoms with Crippen molar-refractivity contribution in [3.8, 4) is 22.4 Å². The molecule has 0 unspecified atom stereocenters. The zero-order valence-electron chi connectivity index (χ0n) is 14.6. The number of rotatable bonds is 3. The third-order valence-electron chi connectivity index (χ3n) is 4.29. The Labute approximate surface area is 157 Å². The molecule has 0 bridgehead atoms. The average Bonchev–Trinajstić information content (AvgIpc) is 3.11. The van der Waals surface area contributed by atoms with Gasteiger partial charge in [0.25, 0.3) is 5.78 Å². The predicted octanol–water partition coefficient (Wildman–Crippen LogP) is 4.68. The molecule has 28 heavy (non-hydrogen) atoms. The van der Waals surface area contributed by atoms with E-state index < -0.39 is 11.9 Å². The monoisotopic (exact) mass is 382 g/mol. The fourth-order valence-corrected chi connectivity index (χ4v) is 2.88. The standard InChI is InChI=1S/C20H13F3N4O/c1-12(28)13-4-2-5-14(8-13)15-6-3-7-16(9-15)17-10-24-19-26-18(20(21,22)23)11-25-27(17)19/h2-11H,1H3. The first-order valence-corrected chi connectivity index (χ1v) is 8.33. The van der Waals surface area contributed by atoms with Gasteiger partial charge in [-0.1, -0.05) is 36.4 Å². The molecule has 0 aliphatic heterocycles. The van der Waals surface area contributed by atoms with Crippen molar-refractivity contribution in [1.29, 1.82) is 0 Å². The highest BCUT2D eigenvalue weighted by Crippen LogP contribution is 2.29. The number of hydrogen-bond donors (Lipinski definition) is 0. The van der Waals surface area contributed by atoms with Crippen LogP contribution in [0.2, 0.25) is 0 Å². The van der Waals surface area contributed by atoms with Gasteiger partial charge in [-0.05, 0) is 30.2 Å². The number of halogens is 3. The van der Waals surface area contributed by atoms with Crippen molar-refractivity contribution < 1.29 is 18.0 Å². The Bertz CT molecular complexity index is 1200. The Hall–Kier alpha value is -3.55. The first-order valence-electron chi connectivity index (χ1n) is 8.33. The van der Waals surface area contributed by atoms with Crippen molar-refractivity contribution in [2.45, 2.75) is 13.1 Å². The van der Waals surface area contributed by atoms with Gasteiger partial charge in [-0.15, -0.1) is 0 Å². The molecule has 0 saturated heterocycles. The summed E-state index contributed by atoms with van der Waals surface area (Å²) in [6.45, 7) is 1.50. The summed E-state index contributed by atoms with van der Waals surface area (Å²) < 4.78 is 39.7. The van der Waals surface area contributed by atoms with Gasteiger partial charge in [0.05, 0.1) is 18.1 Å². The lowest BCUT2D eigenvalue weighted by atomic mass is 9.99. The van der Waals surface area contributed by atoms with Crippen molar-refractivity contribution in [1.82, 2.24) is 19.6 Å². The fraction of sp³-hybridized carbons (Fsp3) is 0.100. The first-order chi connectivity index (χ1) is 13.3. The van der Waals surface area contributed by atoms with Gasteiger partial charge in [0.2, 0.25) is 0 Å². The number of alkyl halides is 3. The van der Waals surface area contributed by atoms with Crippen LogP contribution >= 0.6 is 0 Å². The van der Waals surface area contributed by atoms with Crippen LogP contribution in [-0.4, -0.2) is 25.4 Å². The van der Waals surface area contributed by atoms with Crippen LogP contribution in [-0.2, 0) is 6.18 Å². The summed E-state index contributed by atoms with van der Waals surface area (Å²) in [4.78, 5) is 19.1. The molecule has 0 atom stereocenters. The number of hydrogen-bond acceptors (Lipinski definition) is 4. The number of Topliss-reactive ketones (excluding diaryl/α,β-unsaturated/α-hetero) is 1. The molecule has 4 rings (SSSR count). The Balaban J connectivity index is 1.78. The molecule has 0 amide bonds. The van der Waals surface area contributed by atoms with E-state index in [4.69, 9.17) is 0 Å². The van der Waals surface area contributed by atoms with E-state index in [1.165, 1.54) is 17.6 Å². The Kier molecular flexibility index (Phi) is 4.18. The molecule has 5 nitrogen and oxygen atoms in total. The van der Waals surface area contributed by atoms with Gasteiger partial charge in [0.1, 0.15) is 0 Å². The maximum atomic E-state index is 12.8. The van der Waals surface area contributed by atoms with Gasteiger partial charge >= 0.3 is 6.18 Å². The van der Waals surface area contributed by atoms with Crippen LogP contribution in [0.5, 0.6) is 0 Å². The predicted molar refractivity (Wildman–Crippen MR) is 96.7 cm³/mol. The van der Waals surface area contributed by atoms with Crippen molar-refractivity contribution in [2.75, 3.05) is 0 Å². The molecule has 140 valence electrons. The van der Waals surface area contributed by atoms with Crippen LogP contribution in [0.15, 0.2) is 60.9 Å². The molecule has 2 aromatic heterocycles. The van der Waals surface area contributed by atoms with Gasteiger partial charge in [0.15, 0.2) is 11.5 Å². The van der Waals surface area contributed by atoms with Gasteiger partial charge in [-0.2, -0.15) is 22.8 Å². The minimum Gasteiger partial charge on any atom is -0.295 e. The quantitative estimate of drug-likeness (QED) is 0.483. The number of carbonyl (C=O) groups is 1. The van der Waals surface area contributed by atoms with Crippen molar-refractivity contribution in [2.24, 2.45) is 0 Å². The van der Waals surface area contributed by atoms with Gasteiger partial charge in [-0.3, -0.25) is 4.79 Å². The van der Waals surface area contributed by atoms with Crippen LogP contribution in [0.3, 0.4) is 0 Å². The average molecular weight is 382 g/mol. The summed E-state index contributed by atoms with van der Waals surface area (Å²) in [6, 6.07) is 14.6. The summed E-state index contributed by atoms with van der Waals surface area (Å²) in [5.74, 6) is -0.163. The number of benzene rings is 2. The lowest BCUT2D eigenvalue weighted by Gasteiger charge is -2.07. The molecule has 2 heterocycles. The molecule has 0 saturated carbocycles. The Morgan fingerprint density at radius 1 is 0.964 bits per heavy atom. The topological polar surface area (TPSA) is 60.2 Å². The van der Waals surface area contributed by atoms with Crippen LogP contribution < -0.4 is 0 Å². The van der Waals surface area contributed by atoms with Gasteiger partial charge < -0.3 is 0 Å². The summed E-state index contributed by atoms with van der Waals surface area (Å²) in [5.41, 5.74) is 2.45. The molecule has 0 radical (unpaired) electrons. The minimum absolute atomic E-state index is 0.0319. The van der Waals surface area contributed by atoms with Crippen molar-refractivity contribution in [3.05, 3.63) is 72.2 Å². The summed E-state index contributed by atoms with van der Waals surface area (Å²) in [6.07, 6.45) is -2.47. The lowest BCUT2D eigenvalue weighted by molar-refractivity contribution is -0.141. The molecule has 0 aliphatic rings. The number of fused-ring (bicyclic) bond motifs is 1. The highest BCUT2D eigenvalue weighted by Gasteiger charge is 2.33. The fourth-order valence-electron chi connectivity index (χ4n) is 2.88. The third kappa shape index (κ3) is 3.24. The first kappa shape index (κ1) is 17.8. The van der Waals surface area contributed by atoms with E-state index in [-0.39, 0.29) is 11.6 Å². The molecule has 0 fully saturated rings. The van der Waals surface area contributed by atoms with E-state index in [1.54, 1.807) is 24.3 Å². The molecule has 0 spiro atoms. The molecular formula is C20H13F3N4O. The van der Waals surface area contributed by atoms with Gasteiger partial charge in [-0.25, -0.2) is 9.97 Å². The lowest BCUT2D eigenvalue weighted by Crippen LogP contribution is -2.11. The number of carbonyl (C=O) groups excluding carboxylic acids is 1. The highest BCUT2D eigenvalue weighted by atomic mass is 19.4. The van der Waals surface area contributed by atoms with Crippen LogP contribution in [0.25, 0.3) is 28.2 Å². The molecule has 0 N–H and O–H groups in total. The molecular weight excluding hydrogens is 369 g/mol. The van der Waals surface area contributed by atoms with Crippen molar-refractivity contribution in [3.63, 3.8) is 0 Å². The number of nitrogens with zero attached hydrogens (tertiary/aromatic N) is 4. The molecule has 8 heteroatoms. The second kappa shape index (κ2) is 6.56. The Morgan fingerprint density at radius 2 is 1.64 bits per heavy atom. The zero-order chi connectivity index (χ0) is 19.9. The molecule has 2 aromatic carbocycles. The maximum absolute atomic E-state index is 12.8. The zero-order valence-corrected chi connectivity index (χ0v) is 14.6. The SMILES string of the molecule is CC(=O)c1cccc(-c2cccc(-c3cnc4nc(C(F)(F)F)cnn34)c2)c1. The summed E-state index contributed by atoms with van der Waals surface area (Å²) >= 11 is 0. The largest absolute Gasteiger partial charge is 0.435 e. The van der Waals surface area contributed by atoms with Crippen LogP contribution in [0.4, 0.5) is 13.2 Å². The van der Waals surface area contributed by atoms with E-state index in [0.717, 1.165) is 11.1 Å². The number of ketones is 1. The minimum atomic E-state index is -4.58. The summed E-state index contributed by atoms with van der Waals surface area (Å²) in [7, 11) is 0. The van der Waals surface area contributed by atoms with Crippen molar-refractivity contribution >= 4 is 11.6 Å². The van der Waals surface area contributed by atoms with E-state index in [2.05, 4.69) is 15.1 Å². The van der Waals surface area contributed by atoms with Crippen LogP contribution in [0.1, 0.15) is 23.0 Å².